The van der Waals surface area contributed by atoms with Crippen molar-refractivity contribution in [2.45, 2.75) is 30.7 Å². The van der Waals surface area contributed by atoms with Crippen LogP contribution in [0.3, 0.4) is 0 Å². The lowest BCUT2D eigenvalue weighted by molar-refractivity contribution is -0.0258. The molecule has 0 radical (unpaired) electrons. The number of rotatable bonds is 6. The third kappa shape index (κ3) is 3.60. The third-order valence-electron chi connectivity index (χ3n) is 3.75. The van der Waals surface area contributed by atoms with Gasteiger partial charge < -0.3 is 5.32 Å². The van der Waals surface area contributed by atoms with Crippen LogP contribution in [0.1, 0.15) is 30.1 Å². The zero-order chi connectivity index (χ0) is 16.5. The van der Waals surface area contributed by atoms with E-state index in [9.17, 15) is 13.2 Å². The molecule has 0 saturated heterocycles. The van der Waals surface area contributed by atoms with Gasteiger partial charge in [0.25, 0.3) is 15.9 Å². The Bertz CT molecular complexity index is 673. The number of sulfonamides is 1. The topological polar surface area (TPSA) is 75.7 Å². The smallest absolute Gasteiger partial charge is 0.266 e. The van der Waals surface area contributed by atoms with Gasteiger partial charge in [-0.2, -0.15) is 0 Å². The van der Waals surface area contributed by atoms with Crippen molar-refractivity contribution < 1.29 is 18.0 Å². The quantitative estimate of drug-likeness (QED) is 0.800. The molecule has 1 saturated carbocycles. The standard InChI is InChI=1S/C14H19ClN2O4S/c1-9(10-4-5-10)16-14(18)11-6-7-12(15)13(8-11)22(19,20)17(2)21-3/h6-10H,4-5H2,1-3H3,(H,16,18). The molecule has 1 aliphatic rings. The number of hydrogen-bond donors (Lipinski definition) is 1. The average Bonchev–Trinajstić information content (AvgIpc) is 3.30. The number of nitrogens with one attached hydrogen (secondary N) is 1. The first-order valence-electron chi connectivity index (χ1n) is 6.91. The van der Waals surface area contributed by atoms with Crippen molar-refractivity contribution in [1.82, 2.24) is 9.79 Å². The molecule has 0 aromatic heterocycles. The Kier molecular flexibility index (Phi) is 5.11. The monoisotopic (exact) mass is 346 g/mol. The number of hydrogen-bond acceptors (Lipinski definition) is 4. The summed E-state index contributed by atoms with van der Waals surface area (Å²) in [4.78, 5) is 16.8. The lowest BCUT2D eigenvalue weighted by Crippen LogP contribution is -2.34. The first-order chi connectivity index (χ1) is 10.3. The summed E-state index contributed by atoms with van der Waals surface area (Å²) >= 11 is 5.96. The lowest BCUT2D eigenvalue weighted by atomic mass is 10.1. The predicted octanol–water partition coefficient (Wildman–Crippen LogP) is 2.05. The van der Waals surface area contributed by atoms with Crippen LogP contribution in [-0.4, -0.2) is 39.0 Å². The van der Waals surface area contributed by atoms with Gasteiger partial charge in [-0.15, -0.1) is 0 Å². The van der Waals surface area contributed by atoms with Gasteiger partial charge in [0.05, 0.1) is 12.1 Å². The molecular weight excluding hydrogens is 328 g/mol. The van der Waals surface area contributed by atoms with Gasteiger partial charge in [-0.3, -0.25) is 9.63 Å². The highest BCUT2D eigenvalue weighted by Crippen LogP contribution is 2.32. The Morgan fingerprint density at radius 2 is 2.09 bits per heavy atom. The molecule has 0 aliphatic heterocycles. The molecule has 1 fully saturated rings. The van der Waals surface area contributed by atoms with Crippen molar-refractivity contribution in [3.8, 4) is 0 Å². The number of carbonyl (C=O) groups is 1. The Morgan fingerprint density at radius 3 is 2.64 bits per heavy atom. The van der Waals surface area contributed by atoms with Crippen molar-refractivity contribution in [3.05, 3.63) is 28.8 Å². The van der Waals surface area contributed by atoms with Crippen molar-refractivity contribution in [1.29, 1.82) is 0 Å². The first kappa shape index (κ1) is 17.2. The molecule has 1 atom stereocenters. The van der Waals surface area contributed by atoms with Gasteiger partial charge in [0.15, 0.2) is 0 Å². The molecule has 0 bridgehead atoms. The molecule has 8 heteroatoms. The van der Waals surface area contributed by atoms with Crippen LogP contribution in [0.5, 0.6) is 0 Å². The summed E-state index contributed by atoms with van der Waals surface area (Å²) in [6, 6.07) is 4.24. The second-order valence-electron chi connectivity index (χ2n) is 5.34. The van der Waals surface area contributed by atoms with Crippen molar-refractivity contribution in [3.63, 3.8) is 0 Å². The molecule has 1 amide bonds. The van der Waals surface area contributed by atoms with E-state index in [4.69, 9.17) is 16.4 Å². The summed E-state index contributed by atoms with van der Waals surface area (Å²) in [5.74, 6) is 0.201. The van der Waals surface area contributed by atoms with Crippen molar-refractivity contribution in [2.24, 2.45) is 5.92 Å². The summed E-state index contributed by atoms with van der Waals surface area (Å²) in [7, 11) is -1.42. The SMILES string of the molecule is CON(C)S(=O)(=O)c1cc(C(=O)NC(C)C2CC2)ccc1Cl. The average molecular weight is 347 g/mol. The number of halogens is 1. The Morgan fingerprint density at radius 1 is 1.45 bits per heavy atom. The molecule has 6 nitrogen and oxygen atoms in total. The number of amides is 1. The second kappa shape index (κ2) is 6.54. The van der Waals surface area contributed by atoms with Gasteiger partial charge in [-0.05, 0) is 43.9 Å². The molecule has 1 unspecified atom stereocenters. The first-order valence-corrected chi connectivity index (χ1v) is 8.72. The maximum Gasteiger partial charge on any atom is 0.266 e. The van der Waals surface area contributed by atoms with E-state index in [1.54, 1.807) is 0 Å². The highest BCUT2D eigenvalue weighted by molar-refractivity contribution is 7.89. The van der Waals surface area contributed by atoms with Gasteiger partial charge in [0, 0.05) is 18.7 Å². The number of hydroxylamine groups is 1. The van der Waals surface area contributed by atoms with Crippen LogP contribution in [0.25, 0.3) is 0 Å². The zero-order valence-corrected chi connectivity index (χ0v) is 14.2. The van der Waals surface area contributed by atoms with Crippen molar-refractivity contribution >= 4 is 27.5 Å². The molecule has 22 heavy (non-hydrogen) atoms. The van der Waals surface area contributed by atoms with Gasteiger partial charge in [-0.1, -0.05) is 16.1 Å². The summed E-state index contributed by atoms with van der Waals surface area (Å²) in [6.07, 6.45) is 2.22. The van der Waals surface area contributed by atoms with Crippen LogP contribution in [0.2, 0.25) is 5.02 Å². The van der Waals surface area contributed by atoms with E-state index < -0.39 is 10.0 Å². The second-order valence-corrected chi connectivity index (χ2v) is 7.65. The summed E-state index contributed by atoms with van der Waals surface area (Å²) < 4.78 is 25.3. The van der Waals surface area contributed by atoms with Crippen LogP contribution in [0, 0.1) is 5.92 Å². The minimum absolute atomic E-state index is 0.0377. The molecular formula is C14H19ClN2O4S. The fourth-order valence-electron chi connectivity index (χ4n) is 2.08. The molecule has 122 valence electrons. The highest BCUT2D eigenvalue weighted by Gasteiger charge is 2.30. The minimum Gasteiger partial charge on any atom is -0.349 e. The van der Waals surface area contributed by atoms with E-state index in [-0.39, 0.29) is 27.4 Å². The number of nitrogens with zero attached hydrogens (tertiary/aromatic N) is 1. The molecule has 1 N–H and O–H groups in total. The van der Waals surface area contributed by atoms with E-state index >= 15 is 0 Å². The van der Waals surface area contributed by atoms with E-state index in [2.05, 4.69) is 5.32 Å². The van der Waals surface area contributed by atoms with E-state index in [1.807, 2.05) is 6.92 Å². The molecule has 1 aromatic carbocycles. The normalized spacial score (nSPS) is 16.6. The maximum absolute atomic E-state index is 12.3. The third-order valence-corrected chi connectivity index (χ3v) is 5.92. The van der Waals surface area contributed by atoms with Crippen molar-refractivity contribution in [2.75, 3.05) is 14.2 Å². The van der Waals surface area contributed by atoms with Crippen LogP contribution in [-0.2, 0) is 14.9 Å². The number of benzene rings is 1. The van der Waals surface area contributed by atoms with Gasteiger partial charge in [-0.25, -0.2) is 8.42 Å². The van der Waals surface area contributed by atoms with Crippen LogP contribution in [0.4, 0.5) is 0 Å². The molecule has 2 rings (SSSR count). The van der Waals surface area contributed by atoms with E-state index in [1.165, 1.54) is 32.4 Å². The largest absolute Gasteiger partial charge is 0.349 e. The Balaban J connectivity index is 2.28. The van der Waals surface area contributed by atoms with Gasteiger partial charge >= 0.3 is 0 Å². The predicted molar refractivity (Wildman–Crippen MR) is 83.1 cm³/mol. The van der Waals surface area contributed by atoms with Crippen LogP contribution in [0.15, 0.2) is 23.1 Å². The minimum atomic E-state index is -3.91. The molecule has 0 spiro atoms. The molecule has 1 aliphatic carbocycles. The van der Waals surface area contributed by atoms with E-state index in [0.29, 0.717) is 10.4 Å². The Labute approximate surface area is 135 Å². The van der Waals surface area contributed by atoms with Gasteiger partial charge in [0.1, 0.15) is 4.90 Å². The fourth-order valence-corrected chi connectivity index (χ4v) is 3.56. The lowest BCUT2D eigenvalue weighted by Gasteiger charge is -2.17. The fraction of sp³-hybridized carbons (Fsp3) is 0.500. The van der Waals surface area contributed by atoms with Crippen LogP contribution >= 0.6 is 11.6 Å². The molecule has 0 heterocycles. The summed E-state index contributed by atoms with van der Waals surface area (Å²) in [6.45, 7) is 1.95. The van der Waals surface area contributed by atoms with E-state index in [0.717, 1.165) is 12.8 Å². The maximum atomic E-state index is 12.3. The zero-order valence-electron chi connectivity index (χ0n) is 12.7. The van der Waals surface area contributed by atoms with Crippen LogP contribution < -0.4 is 5.32 Å². The number of carbonyl (C=O) groups excluding carboxylic acids is 1. The molecule has 1 aromatic rings. The Hall–Kier alpha value is -1.15. The highest BCUT2D eigenvalue weighted by atomic mass is 35.5. The summed E-state index contributed by atoms with van der Waals surface area (Å²) in [5.41, 5.74) is 0.250. The van der Waals surface area contributed by atoms with Gasteiger partial charge in [0.2, 0.25) is 0 Å². The summed E-state index contributed by atoms with van der Waals surface area (Å²) in [5, 5.41) is 2.92.